The van der Waals surface area contributed by atoms with Crippen LogP contribution in [-0.2, 0) is 28.4 Å². The summed E-state index contributed by atoms with van der Waals surface area (Å²) < 4.78 is 150. The van der Waals surface area contributed by atoms with Crippen molar-refractivity contribution in [1.82, 2.24) is 0 Å². The van der Waals surface area contributed by atoms with Crippen LogP contribution < -0.4 is 9.80 Å². The van der Waals surface area contributed by atoms with Gasteiger partial charge in [0.2, 0.25) is 0 Å². The zero-order chi connectivity index (χ0) is 44.1. The fraction of sp³-hybridized carbons (Fsp3) is 0.647. The number of aryl methyl sites for hydroxylation is 6. The topological polar surface area (TPSA) is 64.3 Å². The molecule has 8 nitrogen and oxygen atoms in total. The average Bonchev–Trinajstić information content (AvgIpc) is 2.93. The Morgan fingerprint density at radius 1 is 0.339 bits per heavy atom. The van der Waals surface area contributed by atoms with Crippen molar-refractivity contribution in [1.29, 1.82) is 0 Å². The molecular weight excluding hydrogens is 822 g/mol. The molecule has 2 aromatic rings. The van der Waals surface area contributed by atoms with Gasteiger partial charge in [0.15, 0.2) is 0 Å². The van der Waals surface area contributed by atoms with Gasteiger partial charge in [-0.2, -0.15) is 0 Å². The van der Waals surface area contributed by atoms with Gasteiger partial charge in [0.05, 0.1) is 107 Å². The summed E-state index contributed by atoms with van der Waals surface area (Å²) in [5.74, 6) is 0. The van der Waals surface area contributed by atoms with Gasteiger partial charge >= 0.3 is 66.0 Å². The second kappa shape index (κ2) is 22.5. The van der Waals surface area contributed by atoms with Crippen LogP contribution >= 0.6 is 15.6 Å². The van der Waals surface area contributed by atoms with Crippen molar-refractivity contribution in [2.45, 2.75) is 41.5 Å². The fourth-order valence-electron chi connectivity index (χ4n) is 5.26. The van der Waals surface area contributed by atoms with Gasteiger partial charge in [-0.15, -0.1) is 0 Å². The fourth-order valence-corrected chi connectivity index (χ4v) is 5.26. The Morgan fingerprint density at radius 2 is 0.464 bits per heavy atom. The van der Waals surface area contributed by atoms with Gasteiger partial charge in [-0.05, 0) is 41.5 Å². The third kappa shape index (κ3) is 43.3. The van der Waals surface area contributed by atoms with Crippen LogP contribution in [0.5, 0.6) is 0 Å². The standard InChI is InChI=1S/C12H24O6.2C11H17N.2F6P/c1-2-14-5-6-16-9-10-18-12-11-17-8-7-15-4-3-13-1;2*1-8-6-9(2)11(12(4)5)10(3)7-8;2*1-7(2,3,4,5)6/h1-12H2;2*6-7H,1-5H3;;/q;;;2*-1/p+2. The van der Waals surface area contributed by atoms with Crippen molar-refractivity contribution in [3.63, 3.8) is 0 Å². The first-order valence-electron chi connectivity index (χ1n) is 17.3. The molecule has 1 aliphatic heterocycles. The van der Waals surface area contributed by atoms with Crippen molar-refractivity contribution >= 4 is 27.0 Å². The summed E-state index contributed by atoms with van der Waals surface area (Å²) in [4.78, 5) is 2.81. The monoisotopic (exact) mass is 882 g/mol. The summed E-state index contributed by atoms with van der Waals surface area (Å²) in [6.07, 6.45) is 0. The Morgan fingerprint density at radius 3 is 0.571 bits per heavy atom. The predicted octanol–water partition coefficient (Wildman–Crippen LogP) is 9.64. The maximum atomic E-state index is 9.87. The molecule has 0 aliphatic carbocycles. The first-order chi connectivity index (χ1) is 24.9. The van der Waals surface area contributed by atoms with Crippen LogP contribution in [0.4, 0.5) is 61.7 Å². The molecule has 22 heteroatoms. The van der Waals surface area contributed by atoms with E-state index in [1.54, 1.807) is 0 Å². The molecule has 0 bridgehead atoms. The van der Waals surface area contributed by atoms with Crippen LogP contribution in [0.15, 0.2) is 24.3 Å². The van der Waals surface area contributed by atoms with Crippen LogP contribution in [0, 0.1) is 41.5 Å². The van der Waals surface area contributed by atoms with E-state index in [1.807, 2.05) is 0 Å². The molecule has 0 saturated carbocycles. The summed E-state index contributed by atoms with van der Waals surface area (Å²) >= 11 is 0. The molecule has 1 heterocycles. The van der Waals surface area contributed by atoms with Gasteiger partial charge < -0.3 is 38.2 Å². The molecular formula is C34H60F12N2O6P2. The van der Waals surface area contributed by atoms with Crippen LogP contribution in [0.3, 0.4) is 0 Å². The Kier molecular flexibility index (Phi) is 22.6. The molecule has 0 aromatic heterocycles. The molecule has 1 aliphatic rings. The van der Waals surface area contributed by atoms with Crippen molar-refractivity contribution in [3.8, 4) is 0 Å². The van der Waals surface area contributed by atoms with E-state index >= 15 is 0 Å². The van der Waals surface area contributed by atoms with Gasteiger partial charge in [-0.3, -0.25) is 0 Å². The minimum absolute atomic E-state index is 0.586. The van der Waals surface area contributed by atoms with Crippen molar-refractivity contribution in [2.75, 3.05) is 107 Å². The van der Waals surface area contributed by atoms with E-state index < -0.39 is 15.6 Å². The van der Waals surface area contributed by atoms with E-state index in [2.05, 4.69) is 94.0 Å². The molecule has 1 saturated heterocycles. The number of ether oxygens (including phenoxy) is 6. The van der Waals surface area contributed by atoms with E-state index in [0.717, 1.165) is 0 Å². The quantitative estimate of drug-likeness (QED) is 0.232. The molecule has 0 amide bonds. The Labute approximate surface area is 322 Å². The first kappa shape index (κ1) is 56.2. The van der Waals surface area contributed by atoms with Gasteiger partial charge in [0.25, 0.3) is 0 Å². The van der Waals surface area contributed by atoms with Gasteiger partial charge in [0, 0.05) is 22.3 Å². The summed E-state index contributed by atoms with van der Waals surface area (Å²) in [5, 5.41) is 0. The number of hydrogen-bond acceptors (Lipinski definition) is 6. The molecule has 1 fully saturated rings. The van der Waals surface area contributed by atoms with Crippen LogP contribution in [0.25, 0.3) is 0 Å². The van der Waals surface area contributed by atoms with Gasteiger partial charge in [0.1, 0.15) is 11.4 Å². The third-order valence-corrected chi connectivity index (χ3v) is 6.59. The predicted molar refractivity (Wildman–Crippen MR) is 198 cm³/mol. The number of rotatable bonds is 2. The molecule has 3 rings (SSSR count). The van der Waals surface area contributed by atoms with E-state index in [9.17, 15) is 50.4 Å². The van der Waals surface area contributed by atoms with Crippen molar-refractivity contribution in [2.24, 2.45) is 0 Å². The van der Waals surface area contributed by atoms with Gasteiger partial charge in [-0.1, -0.05) is 35.4 Å². The zero-order valence-corrected chi connectivity index (χ0v) is 35.5. The van der Waals surface area contributed by atoms with Crippen LogP contribution in [0.2, 0.25) is 0 Å². The Bertz CT molecular complexity index is 1200. The molecule has 2 N–H and O–H groups in total. The van der Waals surface area contributed by atoms with Crippen molar-refractivity contribution in [3.05, 3.63) is 57.6 Å². The number of benzene rings is 2. The van der Waals surface area contributed by atoms with E-state index in [1.165, 1.54) is 54.6 Å². The third-order valence-electron chi connectivity index (χ3n) is 6.59. The molecule has 2 aromatic carbocycles. The normalized spacial score (nSPS) is 18.1. The molecule has 336 valence electrons. The molecule has 0 radical (unpaired) electrons. The Balaban J connectivity index is 0. The second-order valence-corrected chi connectivity index (χ2v) is 17.0. The number of hydrogen-bond donors (Lipinski definition) is 2. The maximum absolute atomic E-state index is 10.7. The van der Waals surface area contributed by atoms with Gasteiger partial charge in [-0.25, -0.2) is 0 Å². The summed E-state index contributed by atoms with van der Waals surface area (Å²) in [6.45, 7) is 20.1. The summed E-state index contributed by atoms with van der Waals surface area (Å²) in [5.41, 5.74) is 11.2. The van der Waals surface area contributed by atoms with Crippen LogP contribution in [0.1, 0.15) is 33.4 Å². The second-order valence-electron chi connectivity index (χ2n) is 13.1. The zero-order valence-electron chi connectivity index (χ0n) is 33.7. The number of halogens is 12. The van der Waals surface area contributed by atoms with Crippen LogP contribution in [-0.4, -0.2) is 107 Å². The molecule has 0 unspecified atom stereocenters. The minimum atomic E-state index is -10.7. The summed E-state index contributed by atoms with van der Waals surface area (Å²) in [6, 6.07) is 8.98. The van der Waals surface area contributed by atoms with E-state index in [4.69, 9.17) is 28.4 Å². The molecule has 0 atom stereocenters. The molecule has 56 heavy (non-hydrogen) atoms. The van der Waals surface area contributed by atoms with E-state index in [-0.39, 0.29) is 0 Å². The van der Waals surface area contributed by atoms with E-state index in [0.29, 0.717) is 79.3 Å². The first-order valence-corrected chi connectivity index (χ1v) is 21.4. The average molecular weight is 883 g/mol. The SMILES string of the molecule is C1COCCOCCOCCOCCOCCO1.Cc1cc(C)c([NH+](C)C)c(C)c1.Cc1cc(C)c([NH+](C)C)c(C)c1.F[P-](F)(F)(F)(F)F.F[P-](F)(F)(F)(F)F. The number of nitrogens with one attached hydrogen (secondary N) is 2. The Hall–Kier alpha value is -1.86. The van der Waals surface area contributed by atoms with Crippen molar-refractivity contribution < 1.29 is 88.6 Å². The number of quaternary nitrogens is 2. The molecule has 0 spiro atoms. The summed E-state index contributed by atoms with van der Waals surface area (Å²) in [7, 11) is -12.6.